The highest BCUT2D eigenvalue weighted by molar-refractivity contribution is 8.00. The lowest BCUT2D eigenvalue weighted by Crippen LogP contribution is -2.24. The van der Waals surface area contributed by atoms with Crippen LogP contribution in [0.4, 0.5) is 0 Å². The Morgan fingerprint density at radius 2 is 2.12 bits per heavy atom. The first-order valence-corrected chi connectivity index (χ1v) is 8.09. The summed E-state index contributed by atoms with van der Waals surface area (Å²) in [6.07, 6.45) is 7.02. The molecule has 1 heterocycles. The van der Waals surface area contributed by atoms with Crippen molar-refractivity contribution in [2.75, 3.05) is 0 Å². The van der Waals surface area contributed by atoms with Gasteiger partial charge in [0.2, 0.25) is 0 Å². The second kappa shape index (κ2) is 6.08. The van der Waals surface area contributed by atoms with E-state index in [0.717, 1.165) is 5.25 Å². The topological polar surface area (TPSA) is 26.0 Å². The molecule has 1 aliphatic carbocycles. The Hall–Kier alpha value is 0.01000. The second-order valence-corrected chi connectivity index (χ2v) is 6.96. The van der Waals surface area contributed by atoms with Crippen molar-refractivity contribution in [3.8, 4) is 0 Å². The Kier molecular flexibility index (Phi) is 4.74. The van der Waals surface area contributed by atoms with Crippen molar-refractivity contribution in [3.63, 3.8) is 0 Å². The standard InChI is InChI=1S/C13H21NS2/c1-10(14)13(11-7-8-15-9-11)16-12-5-3-2-4-6-12/h7-10,12-13H,2-6,14H2,1H3. The molecule has 1 aromatic rings. The van der Waals surface area contributed by atoms with Crippen molar-refractivity contribution in [1.82, 2.24) is 0 Å². The summed E-state index contributed by atoms with van der Waals surface area (Å²) in [5.41, 5.74) is 7.56. The van der Waals surface area contributed by atoms with Crippen LogP contribution in [0.5, 0.6) is 0 Å². The molecule has 0 aliphatic heterocycles. The van der Waals surface area contributed by atoms with Crippen LogP contribution in [0.2, 0.25) is 0 Å². The Morgan fingerprint density at radius 3 is 2.69 bits per heavy atom. The maximum Gasteiger partial charge on any atom is 0.0456 e. The van der Waals surface area contributed by atoms with Crippen LogP contribution in [0.1, 0.15) is 49.8 Å². The Labute approximate surface area is 107 Å². The molecule has 2 N–H and O–H groups in total. The van der Waals surface area contributed by atoms with E-state index in [1.807, 2.05) is 0 Å². The van der Waals surface area contributed by atoms with E-state index in [9.17, 15) is 0 Å². The summed E-state index contributed by atoms with van der Waals surface area (Å²) >= 11 is 3.89. The van der Waals surface area contributed by atoms with E-state index < -0.39 is 0 Å². The smallest absolute Gasteiger partial charge is 0.0456 e. The SMILES string of the molecule is CC(N)C(SC1CCCCC1)c1ccsc1. The monoisotopic (exact) mass is 255 g/mol. The first-order valence-electron chi connectivity index (χ1n) is 6.20. The molecule has 90 valence electrons. The third-order valence-corrected chi connectivity index (χ3v) is 5.79. The van der Waals surface area contributed by atoms with Gasteiger partial charge in [-0.1, -0.05) is 19.3 Å². The average Bonchev–Trinajstić information content (AvgIpc) is 2.80. The van der Waals surface area contributed by atoms with Gasteiger partial charge in [-0.05, 0) is 42.2 Å². The quantitative estimate of drug-likeness (QED) is 0.872. The lowest BCUT2D eigenvalue weighted by atomic mass is 10.0. The zero-order chi connectivity index (χ0) is 11.4. The van der Waals surface area contributed by atoms with Gasteiger partial charge in [-0.3, -0.25) is 0 Å². The van der Waals surface area contributed by atoms with Gasteiger partial charge >= 0.3 is 0 Å². The molecule has 2 atom stereocenters. The van der Waals surface area contributed by atoms with Crippen LogP contribution in [0, 0.1) is 0 Å². The molecule has 16 heavy (non-hydrogen) atoms. The summed E-state index contributed by atoms with van der Waals surface area (Å²) in [5.74, 6) is 0. The first-order chi connectivity index (χ1) is 7.77. The maximum atomic E-state index is 6.13. The summed E-state index contributed by atoms with van der Waals surface area (Å²) < 4.78 is 0. The third kappa shape index (κ3) is 3.25. The Balaban J connectivity index is 1.97. The highest BCUT2D eigenvalue weighted by Crippen LogP contribution is 2.40. The van der Waals surface area contributed by atoms with Crippen LogP contribution in [0.3, 0.4) is 0 Å². The summed E-state index contributed by atoms with van der Waals surface area (Å²) in [4.78, 5) is 0. The summed E-state index contributed by atoms with van der Waals surface area (Å²) in [6, 6.07) is 2.48. The summed E-state index contributed by atoms with van der Waals surface area (Å²) in [7, 11) is 0. The molecule has 1 fully saturated rings. The minimum Gasteiger partial charge on any atom is -0.327 e. The van der Waals surface area contributed by atoms with E-state index in [4.69, 9.17) is 5.73 Å². The van der Waals surface area contributed by atoms with Crippen LogP contribution in [0.25, 0.3) is 0 Å². The molecular formula is C13H21NS2. The van der Waals surface area contributed by atoms with Crippen molar-refractivity contribution in [2.24, 2.45) is 5.73 Å². The zero-order valence-corrected chi connectivity index (χ0v) is 11.5. The van der Waals surface area contributed by atoms with E-state index >= 15 is 0 Å². The predicted octanol–water partition coefficient (Wildman–Crippen LogP) is 4.20. The molecule has 1 nitrogen and oxygen atoms in total. The summed E-state index contributed by atoms with van der Waals surface area (Å²) in [6.45, 7) is 2.14. The molecule has 0 spiro atoms. The fraction of sp³-hybridized carbons (Fsp3) is 0.692. The molecule has 1 aliphatic rings. The largest absolute Gasteiger partial charge is 0.327 e. The van der Waals surface area contributed by atoms with Crippen LogP contribution >= 0.6 is 23.1 Å². The van der Waals surface area contributed by atoms with Crippen LogP contribution in [0.15, 0.2) is 16.8 Å². The van der Waals surface area contributed by atoms with Crippen LogP contribution < -0.4 is 5.73 Å². The number of hydrogen-bond acceptors (Lipinski definition) is 3. The van der Waals surface area contributed by atoms with Crippen LogP contribution in [-0.4, -0.2) is 11.3 Å². The van der Waals surface area contributed by atoms with Gasteiger partial charge in [-0.2, -0.15) is 11.3 Å². The van der Waals surface area contributed by atoms with Crippen molar-refractivity contribution >= 4 is 23.1 Å². The summed E-state index contributed by atoms with van der Waals surface area (Å²) in [5, 5.41) is 5.75. The van der Waals surface area contributed by atoms with Gasteiger partial charge in [0, 0.05) is 16.5 Å². The van der Waals surface area contributed by atoms with Crippen molar-refractivity contribution in [2.45, 2.75) is 55.6 Å². The van der Waals surface area contributed by atoms with Crippen molar-refractivity contribution < 1.29 is 0 Å². The van der Waals surface area contributed by atoms with Gasteiger partial charge in [0.1, 0.15) is 0 Å². The zero-order valence-electron chi connectivity index (χ0n) is 9.89. The lowest BCUT2D eigenvalue weighted by molar-refractivity contribution is 0.513. The van der Waals surface area contributed by atoms with Crippen molar-refractivity contribution in [3.05, 3.63) is 22.4 Å². The molecule has 0 aromatic carbocycles. The Morgan fingerprint density at radius 1 is 1.38 bits per heavy atom. The number of thiophene rings is 1. The molecule has 0 radical (unpaired) electrons. The molecule has 1 saturated carbocycles. The molecule has 3 heteroatoms. The molecular weight excluding hydrogens is 234 g/mol. The van der Waals surface area contributed by atoms with Gasteiger partial charge in [0.05, 0.1) is 0 Å². The predicted molar refractivity (Wildman–Crippen MR) is 75.2 cm³/mol. The van der Waals surface area contributed by atoms with Gasteiger partial charge in [-0.15, -0.1) is 11.8 Å². The lowest BCUT2D eigenvalue weighted by Gasteiger charge is -2.28. The molecule has 0 bridgehead atoms. The Bertz CT molecular complexity index is 289. The normalized spacial score (nSPS) is 21.9. The molecule has 1 aromatic heterocycles. The maximum absolute atomic E-state index is 6.13. The minimum absolute atomic E-state index is 0.251. The highest BCUT2D eigenvalue weighted by atomic mass is 32.2. The van der Waals surface area contributed by atoms with E-state index in [0.29, 0.717) is 5.25 Å². The van der Waals surface area contributed by atoms with Crippen molar-refractivity contribution in [1.29, 1.82) is 0 Å². The average molecular weight is 255 g/mol. The van der Waals surface area contributed by atoms with E-state index in [1.54, 1.807) is 11.3 Å². The molecule has 2 rings (SSSR count). The van der Waals surface area contributed by atoms with E-state index in [2.05, 4.69) is 35.5 Å². The van der Waals surface area contributed by atoms with Gasteiger partial charge in [0.15, 0.2) is 0 Å². The van der Waals surface area contributed by atoms with E-state index in [1.165, 1.54) is 37.7 Å². The van der Waals surface area contributed by atoms with Gasteiger partial charge < -0.3 is 5.73 Å². The number of thioether (sulfide) groups is 1. The number of hydrogen-bond donors (Lipinski definition) is 1. The second-order valence-electron chi connectivity index (χ2n) is 4.73. The number of nitrogens with two attached hydrogens (primary N) is 1. The fourth-order valence-corrected chi connectivity index (χ4v) is 4.71. The molecule has 2 unspecified atom stereocenters. The third-order valence-electron chi connectivity index (χ3n) is 3.24. The van der Waals surface area contributed by atoms with E-state index in [-0.39, 0.29) is 6.04 Å². The van der Waals surface area contributed by atoms with Gasteiger partial charge in [-0.25, -0.2) is 0 Å². The minimum atomic E-state index is 0.251. The number of rotatable bonds is 4. The highest BCUT2D eigenvalue weighted by Gasteiger charge is 2.23. The molecule has 0 saturated heterocycles. The first kappa shape index (κ1) is 12.5. The van der Waals surface area contributed by atoms with Gasteiger partial charge in [0.25, 0.3) is 0 Å². The molecule has 0 amide bonds. The fourth-order valence-electron chi connectivity index (χ4n) is 2.35. The van der Waals surface area contributed by atoms with Crippen LogP contribution in [-0.2, 0) is 0 Å².